The number of benzene rings is 4. The third-order valence-corrected chi connectivity index (χ3v) is 9.31. The fraction of sp³-hybridized carbons (Fsp3) is 0.0612. The summed E-state index contributed by atoms with van der Waals surface area (Å²) in [6, 6.07) is 40.4. The van der Waals surface area contributed by atoms with Crippen LogP contribution in [0.1, 0.15) is 44.7 Å². The van der Waals surface area contributed by atoms with Crippen molar-refractivity contribution in [3.63, 3.8) is 0 Å². The Balaban J connectivity index is 1.68. The van der Waals surface area contributed by atoms with Crippen LogP contribution >= 0.6 is 0 Å². The summed E-state index contributed by atoms with van der Waals surface area (Å²) in [6.07, 6.45) is 11.1. The van der Waals surface area contributed by atoms with Crippen LogP contribution in [-0.4, -0.2) is 22.2 Å². The number of carboxylic acids is 2. The van der Waals surface area contributed by atoms with E-state index in [1.54, 1.807) is 12.2 Å². The normalized spacial score (nSPS) is 14.0. The Labute approximate surface area is 346 Å². The first-order valence-corrected chi connectivity index (χ1v) is 18.1. The fourth-order valence-electron chi connectivity index (χ4n) is 6.53. The van der Waals surface area contributed by atoms with E-state index in [-0.39, 0.29) is 39.1 Å². The summed E-state index contributed by atoms with van der Waals surface area (Å²) in [7, 11) is 0. The highest BCUT2D eigenvalue weighted by molar-refractivity contribution is 5.92. The molecule has 0 saturated carbocycles. The Hall–Kier alpha value is -9.26. The molecule has 4 aromatic rings. The second kappa shape index (κ2) is 20.1. The van der Waals surface area contributed by atoms with Gasteiger partial charge in [-0.05, 0) is 95.8 Å². The number of carboxylic acid groups (broad SMARTS) is 2. The zero-order valence-corrected chi connectivity index (χ0v) is 31.7. The minimum atomic E-state index is -1.32. The number of aromatic carboxylic acids is 2. The summed E-state index contributed by atoms with van der Waals surface area (Å²) in [5.74, 6) is -3.61. The molecule has 0 aromatic heterocycles. The molecule has 0 bridgehead atoms. The molecule has 0 unspecified atom stereocenters. The minimum absolute atomic E-state index is 0.00343. The Morgan fingerprint density at radius 1 is 0.683 bits per heavy atom. The summed E-state index contributed by atoms with van der Waals surface area (Å²) >= 11 is 0. The van der Waals surface area contributed by atoms with Crippen molar-refractivity contribution >= 4 is 34.5 Å². The van der Waals surface area contributed by atoms with Crippen molar-refractivity contribution in [2.24, 2.45) is 5.92 Å². The van der Waals surface area contributed by atoms with Gasteiger partial charge in [0.15, 0.2) is 5.92 Å². The number of para-hydroxylation sites is 2. The first kappa shape index (κ1) is 41.9. The second-order valence-corrected chi connectivity index (χ2v) is 12.8. The highest BCUT2D eigenvalue weighted by Crippen LogP contribution is 2.42. The number of nitriles is 5. The molecule has 0 saturated heterocycles. The van der Waals surface area contributed by atoms with Crippen LogP contribution in [0.3, 0.4) is 0 Å². The van der Waals surface area contributed by atoms with E-state index in [0.29, 0.717) is 24.0 Å². The first-order valence-electron chi connectivity index (χ1n) is 18.1. The van der Waals surface area contributed by atoms with Crippen molar-refractivity contribution in [2.75, 3.05) is 4.90 Å². The average Bonchev–Trinajstić information content (AvgIpc) is 3.67. The van der Waals surface area contributed by atoms with Crippen LogP contribution < -0.4 is 4.90 Å². The number of anilines is 2. The van der Waals surface area contributed by atoms with Gasteiger partial charge >= 0.3 is 11.9 Å². The molecule has 5 rings (SSSR count). The minimum Gasteiger partial charge on any atom is -0.478 e. The summed E-state index contributed by atoms with van der Waals surface area (Å²) in [4.78, 5) is 28.4. The molecule has 11 heteroatoms. The van der Waals surface area contributed by atoms with Crippen molar-refractivity contribution in [3.8, 4) is 30.3 Å². The molecule has 1 aliphatic carbocycles. The Morgan fingerprint density at radius 2 is 1.22 bits per heavy atom. The van der Waals surface area contributed by atoms with Crippen LogP contribution in [0.5, 0.6) is 0 Å². The molecule has 0 radical (unpaired) electrons. The summed E-state index contributed by atoms with van der Waals surface area (Å²) < 4.78 is 0. The van der Waals surface area contributed by atoms with Crippen molar-refractivity contribution in [1.29, 1.82) is 26.3 Å². The molecule has 2 N–H and O–H groups in total. The number of carbonyl (C=O) groups is 2. The van der Waals surface area contributed by atoms with Gasteiger partial charge in [0.2, 0.25) is 0 Å². The largest absolute Gasteiger partial charge is 0.478 e. The lowest BCUT2D eigenvalue weighted by atomic mass is 9.89. The van der Waals surface area contributed by atoms with Crippen LogP contribution in [0.15, 0.2) is 179 Å². The molecular formula is C49H31N7O4. The van der Waals surface area contributed by atoms with Crippen molar-refractivity contribution in [3.05, 3.63) is 213 Å². The van der Waals surface area contributed by atoms with Gasteiger partial charge in [0.1, 0.15) is 0 Å². The smallest absolute Gasteiger partial charge is 0.335 e. The highest BCUT2D eigenvalue weighted by Gasteiger charge is 2.26. The highest BCUT2D eigenvalue weighted by atomic mass is 16.4. The van der Waals surface area contributed by atoms with Gasteiger partial charge in [-0.3, -0.25) is 0 Å². The lowest BCUT2D eigenvalue weighted by Crippen LogP contribution is -2.17. The Kier molecular flexibility index (Phi) is 14.0. The molecule has 0 spiro atoms. The first-order chi connectivity index (χ1) is 29.2. The van der Waals surface area contributed by atoms with E-state index in [9.17, 15) is 46.1 Å². The predicted octanol–water partition coefficient (Wildman–Crippen LogP) is 10.3. The van der Waals surface area contributed by atoms with Gasteiger partial charge < -0.3 is 15.1 Å². The maximum Gasteiger partial charge on any atom is 0.335 e. The van der Waals surface area contributed by atoms with Gasteiger partial charge in [0, 0.05) is 22.5 Å². The molecule has 0 aliphatic heterocycles. The van der Waals surface area contributed by atoms with Crippen LogP contribution in [0, 0.1) is 69.1 Å². The summed E-state index contributed by atoms with van der Waals surface area (Å²) in [5.41, 5.74) is 4.83. The summed E-state index contributed by atoms with van der Waals surface area (Å²) in [6.45, 7) is 7.62. The topological polar surface area (TPSA) is 201 Å². The van der Waals surface area contributed by atoms with Gasteiger partial charge in [-0.1, -0.05) is 85.0 Å². The second-order valence-electron chi connectivity index (χ2n) is 12.8. The van der Waals surface area contributed by atoms with Crippen LogP contribution in [0.4, 0.5) is 11.4 Å². The monoisotopic (exact) mass is 781 g/mol. The maximum atomic E-state index is 11.5. The van der Waals surface area contributed by atoms with Crippen LogP contribution in [0.2, 0.25) is 0 Å². The van der Waals surface area contributed by atoms with Crippen LogP contribution in [-0.2, 0) is 0 Å². The molecule has 286 valence electrons. The molecule has 0 fully saturated rings. The third-order valence-electron chi connectivity index (χ3n) is 9.31. The third kappa shape index (κ3) is 9.57. The van der Waals surface area contributed by atoms with Crippen molar-refractivity contribution in [2.45, 2.75) is 12.8 Å². The van der Waals surface area contributed by atoms with Gasteiger partial charge in [-0.2, -0.15) is 21.0 Å². The Morgan fingerprint density at radius 3 is 1.68 bits per heavy atom. The fourth-order valence-corrected chi connectivity index (χ4v) is 6.53. The standard InChI is InChI=1S/C49H31N7O4/c1-55-44(32-54)46(34-20-26-38(27-21-34)49(59)60)40(29-51)13-9-11-36-23-22-35(47(36)56(42-14-4-2-5-15-42)43-16-6-3-7-17-43)10-8-12-39(28-50)45(41(30-52)31-53)33-18-24-37(25-19-33)48(57)58/h2-21,24-27,41H,22-23H2,(H,57,58)(H,59,60)/b11-9+,12-8+,35-10+,40-13+,45-39-,46-44+. The van der Waals surface area contributed by atoms with E-state index in [4.69, 9.17) is 6.57 Å². The SMILES string of the molecule is [C-]#[N+]/C(C#N)=C(/C(C#N)=C/C=C/C1=C(N(c2ccccc2)c2ccccc2)C(=C/C=C/C(C#N)=C(\c2ccc(C(=O)O)cc2)C(C#N)C#N)/CC1)c1ccc(C(=O)O)cc1. The van der Waals surface area contributed by atoms with E-state index >= 15 is 0 Å². The molecule has 60 heavy (non-hydrogen) atoms. The van der Waals surface area contributed by atoms with Crippen LogP contribution in [0.25, 0.3) is 16.0 Å². The summed E-state index contributed by atoms with van der Waals surface area (Å²) in [5, 5.41) is 68.8. The molecule has 11 nitrogen and oxygen atoms in total. The Bertz CT molecular complexity index is 2730. The number of rotatable bonds is 13. The molecule has 0 amide bonds. The molecule has 0 heterocycles. The average molecular weight is 782 g/mol. The van der Waals surface area contributed by atoms with E-state index in [1.807, 2.05) is 91.0 Å². The molecule has 0 atom stereocenters. The van der Waals surface area contributed by atoms with Gasteiger partial charge in [-0.15, -0.1) is 0 Å². The number of allylic oxidation sites excluding steroid dienone is 13. The number of nitrogens with zero attached hydrogens (tertiary/aromatic N) is 7. The lowest BCUT2D eigenvalue weighted by Gasteiger charge is -2.28. The number of hydrogen-bond donors (Lipinski definition) is 2. The maximum absolute atomic E-state index is 11.5. The van der Waals surface area contributed by atoms with Gasteiger partial charge in [0.05, 0.1) is 64.9 Å². The molecule has 4 aromatic carbocycles. The van der Waals surface area contributed by atoms with Gasteiger partial charge in [-0.25, -0.2) is 19.7 Å². The van der Waals surface area contributed by atoms with Crippen molar-refractivity contribution in [1.82, 2.24) is 0 Å². The van der Waals surface area contributed by atoms with E-state index in [1.165, 1.54) is 60.7 Å². The van der Waals surface area contributed by atoms with E-state index in [0.717, 1.165) is 28.2 Å². The zero-order chi connectivity index (χ0) is 43.0. The quantitative estimate of drug-likeness (QED) is 0.0746. The van der Waals surface area contributed by atoms with Crippen molar-refractivity contribution < 1.29 is 19.8 Å². The van der Waals surface area contributed by atoms with E-state index < -0.39 is 17.9 Å². The van der Waals surface area contributed by atoms with E-state index in [2.05, 4.69) is 21.9 Å². The number of hydrogen-bond acceptors (Lipinski definition) is 8. The molecule has 1 aliphatic rings. The lowest BCUT2D eigenvalue weighted by molar-refractivity contribution is 0.0686. The predicted molar refractivity (Wildman–Crippen MR) is 225 cm³/mol. The van der Waals surface area contributed by atoms with Gasteiger partial charge in [0.25, 0.3) is 5.70 Å². The zero-order valence-electron chi connectivity index (χ0n) is 31.7. The molecular weight excluding hydrogens is 751 g/mol.